The summed E-state index contributed by atoms with van der Waals surface area (Å²) in [4.78, 5) is 21.4. The molecule has 0 aliphatic carbocycles. The second kappa shape index (κ2) is 6.22. The predicted molar refractivity (Wildman–Crippen MR) is 56.3 cm³/mol. The van der Waals surface area contributed by atoms with Crippen molar-refractivity contribution in [1.82, 2.24) is 0 Å². The highest BCUT2D eigenvalue weighted by atomic mass is 16.5. The summed E-state index contributed by atoms with van der Waals surface area (Å²) in [5, 5.41) is 8.32. The quantitative estimate of drug-likeness (QED) is 0.560. The molecule has 0 aromatic carbocycles. The third kappa shape index (κ3) is 5.88. The lowest BCUT2D eigenvalue weighted by atomic mass is 9.96. The summed E-state index contributed by atoms with van der Waals surface area (Å²) in [6.45, 7) is 7.83. The van der Waals surface area contributed by atoms with E-state index in [-0.39, 0.29) is 17.9 Å². The van der Waals surface area contributed by atoms with Crippen molar-refractivity contribution in [3.05, 3.63) is 12.2 Å². The lowest BCUT2D eigenvalue weighted by Gasteiger charge is -2.24. The normalized spacial score (nSPS) is 11.7. The summed E-state index contributed by atoms with van der Waals surface area (Å²) in [7, 11) is 0. The van der Waals surface area contributed by atoms with Crippen LogP contribution in [0.4, 0.5) is 0 Å². The molecule has 15 heavy (non-hydrogen) atoms. The molecule has 0 aliphatic heterocycles. The van der Waals surface area contributed by atoms with Crippen LogP contribution in [0.2, 0.25) is 0 Å². The van der Waals surface area contributed by atoms with Gasteiger partial charge in [-0.15, -0.1) is 0 Å². The number of hydrogen-bond donors (Lipinski definition) is 1. The second-order valence-corrected chi connectivity index (χ2v) is 4.06. The van der Waals surface area contributed by atoms with E-state index in [0.29, 0.717) is 0 Å². The van der Waals surface area contributed by atoms with Crippen LogP contribution in [0, 0.1) is 11.8 Å². The molecule has 0 unspecified atom stereocenters. The van der Waals surface area contributed by atoms with Gasteiger partial charge in [0.05, 0.1) is 0 Å². The fraction of sp³-hybridized carbons (Fsp3) is 0.636. The molecule has 0 saturated carbocycles. The molecule has 0 bridgehead atoms. The van der Waals surface area contributed by atoms with E-state index in [9.17, 15) is 9.59 Å². The van der Waals surface area contributed by atoms with Crippen LogP contribution in [0.1, 0.15) is 27.7 Å². The van der Waals surface area contributed by atoms with Crippen molar-refractivity contribution in [3.8, 4) is 0 Å². The number of esters is 1. The summed E-state index contributed by atoms with van der Waals surface area (Å²) < 4.78 is 5.13. The summed E-state index contributed by atoms with van der Waals surface area (Å²) >= 11 is 0. The zero-order valence-corrected chi connectivity index (χ0v) is 9.56. The van der Waals surface area contributed by atoms with Crippen molar-refractivity contribution in [1.29, 1.82) is 0 Å². The number of aliphatic carboxylic acids is 1. The van der Waals surface area contributed by atoms with Crippen molar-refractivity contribution in [2.75, 3.05) is 0 Å². The largest absolute Gasteiger partial charge is 0.478 e. The Kier molecular flexibility index (Phi) is 5.67. The number of rotatable bonds is 5. The van der Waals surface area contributed by atoms with E-state index in [1.807, 2.05) is 27.7 Å². The highest BCUT2D eigenvalue weighted by Gasteiger charge is 2.20. The Balaban J connectivity index is 4.30. The van der Waals surface area contributed by atoms with E-state index in [4.69, 9.17) is 9.84 Å². The van der Waals surface area contributed by atoms with E-state index in [0.717, 1.165) is 12.2 Å². The Bertz CT molecular complexity index is 245. The molecule has 0 fully saturated rings. The Morgan fingerprint density at radius 1 is 1.07 bits per heavy atom. The molecule has 0 amide bonds. The smallest absolute Gasteiger partial charge is 0.331 e. The van der Waals surface area contributed by atoms with Crippen molar-refractivity contribution < 1.29 is 19.4 Å². The van der Waals surface area contributed by atoms with Gasteiger partial charge in [-0.3, -0.25) is 0 Å². The van der Waals surface area contributed by atoms with Gasteiger partial charge in [0.15, 0.2) is 0 Å². The van der Waals surface area contributed by atoms with Gasteiger partial charge in [-0.1, -0.05) is 27.7 Å². The fourth-order valence-electron chi connectivity index (χ4n) is 1.35. The van der Waals surface area contributed by atoms with Gasteiger partial charge in [0.1, 0.15) is 6.10 Å². The Morgan fingerprint density at radius 3 is 1.87 bits per heavy atom. The van der Waals surface area contributed by atoms with Gasteiger partial charge >= 0.3 is 11.9 Å². The molecule has 0 aromatic rings. The van der Waals surface area contributed by atoms with Gasteiger partial charge in [-0.25, -0.2) is 9.59 Å². The van der Waals surface area contributed by atoms with Crippen molar-refractivity contribution in [3.63, 3.8) is 0 Å². The highest BCUT2D eigenvalue weighted by molar-refractivity contribution is 5.90. The molecular weight excluding hydrogens is 196 g/mol. The summed E-state index contributed by atoms with van der Waals surface area (Å²) in [5.74, 6) is -1.33. The second-order valence-electron chi connectivity index (χ2n) is 4.06. The zero-order valence-electron chi connectivity index (χ0n) is 9.56. The van der Waals surface area contributed by atoms with E-state index < -0.39 is 11.9 Å². The first-order valence-electron chi connectivity index (χ1n) is 4.96. The van der Waals surface area contributed by atoms with Gasteiger partial charge in [-0.05, 0) is 11.8 Å². The third-order valence-corrected chi connectivity index (χ3v) is 1.93. The van der Waals surface area contributed by atoms with E-state index in [1.54, 1.807) is 0 Å². The summed E-state index contributed by atoms with van der Waals surface area (Å²) in [6, 6.07) is 0. The first kappa shape index (κ1) is 13.7. The van der Waals surface area contributed by atoms with Gasteiger partial charge in [-0.2, -0.15) is 0 Å². The van der Waals surface area contributed by atoms with E-state index in [2.05, 4.69) is 0 Å². The molecule has 4 heteroatoms. The van der Waals surface area contributed by atoms with Crippen molar-refractivity contribution in [2.45, 2.75) is 33.8 Å². The number of carboxylic acids is 1. The number of ether oxygens (including phenoxy) is 1. The maximum Gasteiger partial charge on any atom is 0.331 e. The highest BCUT2D eigenvalue weighted by Crippen LogP contribution is 2.16. The minimum Gasteiger partial charge on any atom is -0.478 e. The standard InChI is InChI=1S/C11H18O4/c1-7(2)11(8(3)4)15-10(14)6-5-9(12)13/h5-8,11H,1-4H3,(H,12,13)/b6-5+. The number of carboxylic acid groups (broad SMARTS) is 1. The van der Waals surface area contributed by atoms with Crippen LogP contribution in [0.3, 0.4) is 0 Å². The Hall–Kier alpha value is -1.32. The molecule has 0 atom stereocenters. The average molecular weight is 214 g/mol. The van der Waals surface area contributed by atoms with Gasteiger partial charge in [0.25, 0.3) is 0 Å². The number of carbonyl (C=O) groups is 2. The summed E-state index contributed by atoms with van der Waals surface area (Å²) in [5.41, 5.74) is 0. The third-order valence-electron chi connectivity index (χ3n) is 1.93. The molecule has 4 nitrogen and oxygen atoms in total. The first-order valence-corrected chi connectivity index (χ1v) is 4.96. The Morgan fingerprint density at radius 2 is 1.53 bits per heavy atom. The zero-order chi connectivity index (χ0) is 12.0. The maximum atomic E-state index is 11.2. The molecule has 0 heterocycles. The molecule has 0 radical (unpaired) electrons. The van der Waals surface area contributed by atoms with Crippen LogP contribution in [0.25, 0.3) is 0 Å². The average Bonchev–Trinajstić information content (AvgIpc) is 2.09. The number of carbonyl (C=O) groups excluding carboxylic acids is 1. The molecular formula is C11H18O4. The lowest BCUT2D eigenvalue weighted by molar-refractivity contribution is -0.148. The minimum atomic E-state index is -1.16. The predicted octanol–water partition coefficient (Wildman–Crippen LogP) is 1.85. The number of hydrogen-bond acceptors (Lipinski definition) is 3. The van der Waals surface area contributed by atoms with Crippen LogP contribution in [0.15, 0.2) is 12.2 Å². The first-order chi connectivity index (χ1) is 6.84. The van der Waals surface area contributed by atoms with Crippen molar-refractivity contribution >= 4 is 11.9 Å². The fourth-order valence-corrected chi connectivity index (χ4v) is 1.35. The summed E-state index contributed by atoms with van der Waals surface area (Å²) in [6.07, 6.45) is 1.52. The van der Waals surface area contributed by atoms with Crippen LogP contribution in [-0.4, -0.2) is 23.1 Å². The molecule has 86 valence electrons. The topological polar surface area (TPSA) is 63.6 Å². The molecule has 0 rings (SSSR count). The lowest BCUT2D eigenvalue weighted by Crippen LogP contribution is -2.28. The maximum absolute atomic E-state index is 11.2. The van der Waals surface area contributed by atoms with Crippen LogP contribution < -0.4 is 0 Å². The van der Waals surface area contributed by atoms with Crippen LogP contribution >= 0.6 is 0 Å². The Labute approximate surface area is 89.9 Å². The van der Waals surface area contributed by atoms with Gasteiger partial charge in [0, 0.05) is 12.2 Å². The van der Waals surface area contributed by atoms with Gasteiger partial charge < -0.3 is 9.84 Å². The molecule has 1 N–H and O–H groups in total. The molecule has 0 aliphatic rings. The minimum absolute atomic E-state index is 0.184. The van der Waals surface area contributed by atoms with E-state index >= 15 is 0 Å². The van der Waals surface area contributed by atoms with Gasteiger partial charge in [0.2, 0.25) is 0 Å². The monoisotopic (exact) mass is 214 g/mol. The SMILES string of the molecule is CC(C)C(OC(=O)/C=C/C(=O)O)C(C)C. The molecule has 0 aromatic heterocycles. The van der Waals surface area contributed by atoms with Crippen LogP contribution in [-0.2, 0) is 14.3 Å². The van der Waals surface area contributed by atoms with E-state index in [1.165, 1.54) is 0 Å². The van der Waals surface area contributed by atoms with Crippen molar-refractivity contribution in [2.24, 2.45) is 11.8 Å². The molecule has 0 spiro atoms. The van der Waals surface area contributed by atoms with Crippen LogP contribution in [0.5, 0.6) is 0 Å². The molecule has 0 saturated heterocycles.